The quantitative estimate of drug-likeness (QED) is 0.611. The van der Waals surface area contributed by atoms with E-state index in [2.05, 4.69) is 4.74 Å². The molecule has 5 heteroatoms. The van der Waals surface area contributed by atoms with E-state index in [-0.39, 0.29) is 23.7 Å². The molecule has 0 radical (unpaired) electrons. The minimum Gasteiger partial charge on any atom is -0.465 e. The summed E-state index contributed by atoms with van der Waals surface area (Å²) in [5, 5.41) is 1.26. The van der Waals surface area contributed by atoms with Crippen LogP contribution in [0, 0.1) is 5.92 Å². The third-order valence-corrected chi connectivity index (χ3v) is 3.45. The SMILES string of the molecule is COC(=O)c1ccc(C2CC2C(=O)N(C)OC)cc1. The van der Waals surface area contributed by atoms with E-state index in [1.165, 1.54) is 19.3 Å². The maximum atomic E-state index is 11.9. The zero-order valence-electron chi connectivity index (χ0n) is 11.3. The van der Waals surface area contributed by atoms with E-state index < -0.39 is 0 Å². The van der Waals surface area contributed by atoms with E-state index >= 15 is 0 Å². The van der Waals surface area contributed by atoms with Crippen molar-refractivity contribution in [2.24, 2.45) is 5.92 Å². The van der Waals surface area contributed by atoms with Crippen molar-refractivity contribution >= 4 is 11.9 Å². The minimum absolute atomic E-state index is 0.00968. The van der Waals surface area contributed by atoms with Gasteiger partial charge in [0, 0.05) is 13.0 Å². The highest BCUT2D eigenvalue weighted by molar-refractivity contribution is 5.89. The molecule has 0 aromatic heterocycles. The van der Waals surface area contributed by atoms with Crippen molar-refractivity contribution in [2.75, 3.05) is 21.3 Å². The van der Waals surface area contributed by atoms with E-state index in [0.717, 1.165) is 12.0 Å². The molecule has 1 amide bonds. The maximum absolute atomic E-state index is 11.9. The normalized spacial score (nSPS) is 20.8. The first-order valence-corrected chi connectivity index (χ1v) is 6.08. The molecule has 2 unspecified atom stereocenters. The van der Waals surface area contributed by atoms with E-state index in [0.29, 0.717) is 5.56 Å². The van der Waals surface area contributed by atoms with Crippen molar-refractivity contribution in [3.05, 3.63) is 35.4 Å². The van der Waals surface area contributed by atoms with Gasteiger partial charge in [-0.2, -0.15) is 0 Å². The fourth-order valence-corrected chi connectivity index (χ4v) is 2.14. The Hall–Kier alpha value is -1.88. The van der Waals surface area contributed by atoms with Crippen LogP contribution in [-0.4, -0.2) is 38.2 Å². The Morgan fingerprint density at radius 3 is 2.37 bits per heavy atom. The van der Waals surface area contributed by atoms with Gasteiger partial charge in [-0.15, -0.1) is 0 Å². The van der Waals surface area contributed by atoms with Crippen molar-refractivity contribution in [3.63, 3.8) is 0 Å². The topological polar surface area (TPSA) is 55.8 Å². The molecule has 0 bridgehead atoms. The van der Waals surface area contributed by atoms with Crippen LogP contribution in [0.5, 0.6) is 0 Å². The van der Waals surface area contributed by atoms with Crippen LogP contribution in [-0.2, 0) is 14.4 Å². The first-order chi connectivity index (χ1) is 9.08. The van der Waals surface area contributed by atoms with E-state index in [9.17, 15) is 9.59 Å². The highest BCUT2D eigenvalue weighted by atomic mass is 16.7. The molecule has 1 saturated carbocycles. The number of hydrogen-bond acceptors (Lipinski definition) is 4. The van der Waals surface area contributed by atoms with Gasteiger partial charge in [0.05, 0.1) is 19.8 Å². The number of carbonyl (C=O) groups excluding carboxylic acids is 2. The molecule has 0 heterocycles. The van der Waals surface area contributed by atoms with Crippen molar-refractivity contribution in [3.8, 4) is 0 Å². The Balaban J connectivity index is 2.02. The van der Waals surface area contributed by atoms with Crippen LogP contribution in [0.4, 0.5) is 0 Å². The summed E-state index contributed by atoms with van der Waals surface area (Å²) < 4.78 is 4.64. The second kappa shape index (κ2) is 5.40. The lowest BCUT2D eigenvalue weighted by molar-refractivity contribution is -0.170. The van der Waals surface area contributed by atoms with Crippen molar-refractivity contribution in [1.29, 1.82) is 0 Å². The number of hydrogen-bond donors (Lipinski definition) is 0. The third-order valence-electron chi connectivity index (χ3n) is 3.45. The van der Waals surface area contributed by atoms with Crippen LogP contribution in [0.1, 0.15) is 28.3 Å². The molecule has 2 rings (SSSR count). The molecular formula is C14H17NO4. The molecule has 0 spiro atoms. The summed E-state index contributed by atoms with van der Waals surface area (Å²) in [5.41, 5.74) is 1.58. The second-order valence-corrected chi connectivity index (χ2v) is 4.58. The number of hydroxylamine groups is 2. The number of benzene rings is 1. The number of methoxy groups -OCH3 is 1. The zero-order chi connectivity index (χ0) is 14.0. The molecule has 102 valence electrons. The molecule has 0 saturated heterocycles. The molecule has 0 N–H and O–H groups in total. The second-order valence-electron chi connectivity index (χ2n) is 4.58. The number of carbonyl (C=O) groups is 2. The van der Waals surface area contributed by atoms with Crippen LogP contribution in [0.25, 0.3) is 0 Å². The van der Waals surface area contributed by atoms with Gasteiger partial charge in [0.1, 0.15) is 0 Å². The number of ether oxygens (including phenoxy) is 1. The zero-order valence-corrected chi connectivity index (χ0v) is 11.3. The Morgan fingerprint density at radius 2 is 1.84 bits per heavy atom. The lowest BCUT2D eigenvalue weighted by Crippen LogP contribution is -2.27. The number of amides is 1. The van der Waals surface area contributed by atoms with Gasteiger partial charge in [-0.25, -0.2) is 9.86 Å². The monoisotopic (exact) mass is 263 g/mol. The van der Waals surface area contributed by atoms with Crippen LogP contribution < -0.4 is 0 Å². The average molecular weight is 263 g/mol. The molecule has 2 atom stereocenters. The van der Waals surface area contributed by atoms with Gasteiger partial charge in [-0.05, 0) is 30.0 Å². The Bertz CT molecular complexity index is 483. The Morgan fingerprint density at radius 1 is 1.21 bits per heavy atom. The molecule has 1 aromatic carbocycles. The van der Waals surface area contributed by atoms with Crippen LogP contribution in [0.3, 0.4) is 0 Å². The summed E-state index contributed by atoms with van der Waals surface area (Å²) in [6, 6.07) is 7.19. The highest BCUT2D eigenvalue weighted by Crippen LogP contribution is 2.48. The first kappa shape index (κ1) is 13.5. The highest BCUT2D eigenvalue weighted by Gasteiger charge is 2.45. The molecule has 19 heavy (non-hydrogen) atoms. The van der Waals surface area contributed by atoms with Gasteiger partial charge in [-0.1, -0.05) is 12.1 Å². The summed E-state index contributed by atoms with van der Waals surface area (Å²) in [6.07, 6.45) is 0.824. The number of rotatable bonds is 4. The van der Waals surface area contributed by atoms with Gasteiger partial charge in [0.2, 0.25) is 5.91 Å². The molecule has 0 aliphatic heterocycles. The Labute approximate surface area is 112 Å². The molecule has 1 aliphatic carbocycles. The summed E-state index contributed by atoms with van der Waals surface area (Å²) in [6.45, 7) is 0. The van der Waals surface area contributed by atoms with Crippen LogP contribution >= 0.6 is 0 Å². The molecular weight excluding hydrogens is 246 g/mol. The average Bonchev–Trinajstić information content (AvgIpc) is 3.25. The van der Waals surface area contributed by atoms with Gasteiger partial charge in [0.15, 0.2) is 0 Å². The minimum atomic E-state index is -0.353. The molecule has 1 fully saturated rings. The van der Waals surface area contributed by atoms with Crippen molar-refractivity contribution < 1.29 is 19.2 Å². The molecule has 1 aromatic rings. The standard InChI is InChI=1S/C14H17NO4/c1-15(19-3)13(16)12-8-11(12)9-4-6-10(7-5-9)14(17)18-2/h4-7,11-12H,8H2,1-3H3. The molecule has 5 nitrogen and oxygen atoms in total. The maximum Gasteiger partial charge on any atom is 0.337 e. The lowest BCUT2D eigenvalue weighted by Gasteiger charge is -2.13. The predicted molar refractivity (Wildman–Crippen MR) is 68.4 cm³/mol. The summed E-state index contributed by atoms with van der Waals surface area (Å²) in [4.78, 5) is 28.1. The number of esters is 1. The van der Waals surface area contributed by atoms with Gasteiger partial charge in [0.25, 0.3) is 0 Å². The largest absolute Gasteiger partial charge is 0.465 e. The van der Waals surface area contributed by atoms with Crippen LogP contribution in [0.2, 0.25) is 0 Å². The summed E-state index contributed by atoms with van der Waals surface area (Å²) in [5.74, 6) is -0.163. The Kier molecular flexibility index (Phi) is 3.85. The lowest BCUT2D eigenvalue weighted by atomic mass is 10.1. The van der Waals surface area contributed by atoms with E-state index in [1.54, 1.807) is 19.2 Å². The van der Waals surface area contributed by atoms with Gasteiger partial charge in [-0.3, -0.25) is 9.63 Å². The summed E-state index contributed by atoms with van der Waals surface area (Å²) in [7, 11) is 4.44. The van der Waals surface area contributed by atoms with Gasteiger partial charge >= 0.3 is 5.97 Å². The van der Waals surface area contributed by atoms with Gasteiger partial charge < -0.3 is 4.74 Å². The smallest absolute Gasteiger partial charge is 0.337 e. The first-order valence-electron chi connectivity index (χ1n) is 6.08. The molecule has 1 aliphatic rings. The van der Waals surface area contributed by atoms with E-state index in [1.807, 2.05) is 12.1 Å². The van der Waals surface area contributed by atoms with Crippen molar-refractivity contribution in [1.82, 2.24) is 5.06 Å². The number of nitrogens with zero attached hydrogens (tertiary/aromatic N) is 1. The summed E-state index contributed by atoms with van der Waals surface area (Å²) >= 11 is 0. The predicted octanol–water partition coefficient (Wildman–Crippen LogP) is 1.60. The van der Waals surface area contributed by atoms with E-state index in [4.69, 9.17) is 4.84 Å². The fourth-order valence-electron chi connectivity index (χ4n) is 2.14. The third kappa shape index (κ3) is 2.76. The van der Waals surface area contributed by atoms with Crippen molar-refractivity contribution in [2.45, 2.75) is 12.3 Å². The van der Waals surface area contributed by atoms with Crippen LogP contribution in [0.15, 0.2) is 24.3 Å². The fraction of sp³-hybridized carbons (Fsp3) is 0.429.